The number of furan rings is 1. The zero-order valence-corrected chi connectivity index (χ0v) is 16.0. The number of carbonyl (C=O) groups is 1. The molecule has 1 aliphatic heterocycles. The molecular weight excluding hydrogens is 330 g/mol. The lowest BCUT2D eigenvalue weighted by molar-refractivity contribution is 0.0657. The molecule has 2 heterocycles. The van der Waals surface area contributed by atoms with E-state index in [1.165, 1.54) is 31.9 Å². The summed E-state index contributed by atoms with van der Waals surface area (Å²) in [6, 6.07) is 4.21. The molecule has 0 unspecified atom stereocenters. The summed E-state index contributed by atoms with van der Waals surface area (Å²) in [5.74, 6) is 1.31. The number of nitrogens with zero attached hydrogens (tertiary/aromatic N) is 4. The van der Waals surface area contributed by atoms with Crippen molar-refractivity contribution < 1.29 is 9.21 Å². The van der Waals surface area contributed by atoms with Crippen molar-refractivity contribution in [3.8, 4) is 0 Å². The van der Waals surface area contributed by atoms with Crippen LogP contribution in [-0.4, -0.2) is 86.0 Å². The minimum Gasteiger partial charge on any atom is -0.459 e. The van der Waals surface area contributed by atoms with E-state index in [0.29, 0.717) is 18.8 Å². The monoisotopic (exact) mass is 361 g/mol. The molecule has 1 aliphatic carbocycles. The average molecular weight is 361 g/mol. The number of guanidine groups is 1. The fourth-order valence-electron chi connectivity index (χ4n) is 3.88. The number of aliphatic imine (C=N–C) groups is 1. The smallest absolute Gasteiger partial charge is 0.289 e. The van der Waals surface area contributed by atoms with Gasteiger partial charge in [-0.1, -0.05) is 12.8 Å². The molecule has 0 bridgehead atoms. The van der Waals surface area contributed by atoms with Crippen LogP contribution in [0.4, 0.5) is 0 Å². The van der Waals surface area contributed by atoms with Crippen LogP contribution in [0.1, 0.15) is 36.2 Å². The summed E-state index contributed by atoms with van der Waals surface area (Å²) in [6.45, 7) is 4.85. The Hall–Kier alpha value is -2.02. The van der Waals surface area contributed by atoms with Gasteiger partial charge in [-0.2, -0.15) is 0 Å². The highest BCUT2D eigenvalue weighted by molar-refractivity contribution is 5.91. The van der Waals surface area contributed by atoms with Crippen LogP contribution in [0.25, 0.3) is 0 Å². The first-order chi connectivity index (χ1) is 12.7. The largest absolute Gasteiger partial charge is 0.459 e. The highest BCUT2D eigenvalue weighted by atomic mass is 16.3. The first-order valence-electron chi connectivity index (χ1n) is 9.67. The standard InChI is InChI=1S/C19H31N5O2/c1-20-19(21-9-10-22(2)16-6-3-4-7-16)24-13-11-23(12-14-24)18(25)17-8-5-15-26-17/h5,8,15-16H,3-4,6-7,9-14H2,1-2H3,(H,20,21). The summed E-state index contributed by atoms with van der Waals surface area (Å²) in [5, 5.41) is 3.48. The predicted octanol–water partition coefficient (Wildman–Crippen LogP) is 1.49. The van der Waals surface area contributed by atoms with Gasteiger partial charge in [-0.15, -0.1) is 0 Å². The fourth-order valence-corrected chi connectivity index (χ4v) is 3.88. The summed E-state index contributed by atoms with van der Waals surface area (Å²) < 4.78 is 5.22. The van der Waals surface area contributed by atoms with Gasteiger partial charge in [0.2, 0.25) is 0 Å². The van der Waals surface area contributed by atoms with Gasteiger partial charge in [0.1, 0.15) is 0 Å². The van der Waals surface area contributed by atoms with Gasteiger partial charge in [0.05, 0.1) is 6.26 Å². The Morgan fingerprint density at radius 2 is 1.96 bits per heavy atom. The van der Waals surface area contributed by atoms with Crippen LogP contribution in [0.15, 0.2) is 27.8 Å². The van der Waals surface area contributed by atoms with E-state index in [2.05, 4.69) is 27.2 Å². The van der Waals surface area contributed by atoms with Crippen LogP contribution in [0.5, 0.6) is 0 Å². The zero-order valence-electron chi connectivity index (χ0n) is 16.0. The van der Waals surface area contributed by atoms with Crippen molar-refractivity contribution in [2.24, 2.45) is 4.99 Å². The van der Waals surface area contributed by atoms with Gasteiger partial charge in [-0.25, -0.2) is 0 Å². The van der Waals surface area contributed by atoms with Crippen molar-refractivity contribution in [2.75, 3.05) is 53.4 Å². The summed E-state index contributed by atoms with van der Waals surface area (Å²) >= 11 is 0. The molecule has 0 atom stereocenters. The summed E-state index contributed by atoms with van der Waals surface area (Å²) in [6.07, 6.45) is 6.93. The van der Waals surface area contributed by atoms with Gasteiger partial charge in [-0.3, -0.25) is 9.79 Å². The van der Waals surface area contributed by atoms with E-state index in [0.717, 1.165) is 38.2 Å². The highest BCUT2D eigenvalue weighted by Crippen LogP contribution is 2.21. The molecule has 1 saturated heterocycles. The van der Waals surface area contributed by atoms with Gasteiger partial charge in [0, 0.05) is 52.4 Å². The molecule has 2 fully saturated rings. The van der Waals surface area contributed by atoms with E-state index < -0.39 is 0 Å². The molecular formula is C19H31N5O2. The molecule has 0 aromatic carbocycles. The Bertz CT molecular complexity index is 587. The first kappa shape index (κ1) is 18.8. The molecule has 7 nitrogen and oxygen atoms in total. The topological polar surface area (TPSA) is 64.3 Å². The quantitative estimate of drug-likeness (QED) is 0.636. The summed E-state index contributed by atoms with van der Waals surface area (Å²) in [5.41, 5.74) is 0. The SMILES string of the molecule is CN=C(NCCN(C)C1CCCC1)N1CCN(C(=O)c2ccco2)CC1. The maximum atomic E-state index is 12.3. The lowest BCUT2D eigenvalue weighted by Gasteiger charge is -2.36. The van der Waals surface area contributed by atoms with Gasteiger partial charge in [0.15, 0.2) is 11.7 Å². The van der Waals surface area contributed by atoms with Crippen molar-refractivity contribution >= 4 is 11.9 Å². The predicted molar refractivity (Wildman–Crippen MR) is 102 cm³/mol. The Morgan fingerprint density at radius 3 is 2.58 bits per heavy atom. The van der Waals surface area contributed by atoms with E-state index in [1.807, 2.05) is 11.9 Å². The van der Waals surface area contributed by atoms with Crippen LogP contribution < -0.4 is 5.32 Å². The molecule has 0 radical (unpaired) electrons. The van der Waals surface area contributed by atoms with Crippen molar-refractivity contribution in [3.63, 3.8) is 0 Å². The van der Waals surface area contributed by atoms with E-state index in [-0.39, 0.29) is 5.91 Å². The zero-order chi connectivity index (χ0) is 18.4. The van der Waals surface area contributed by atoms with Gasteiger partial charge in [-0.05, 0) is 32.0 Å². The van der Waals surface area contributed by atoms with Crippen molar-refractivity contribution in [1.82, 2.24) is 20.0 Å². The second-order valence-corrected chi connectivity index (χ2v) is 7.15. The summed E-state index contributed by atoms with van der Waals surface area (Å²) in [7, 11) is 4.04. The van der Waals surface area contributed by atoms with Gasteiger partial charge >= 0.3 is 0 Å². The normalized spacial score (nSPS) is 19.4. The number of amides is 1. The third-order valence-corrected chi connectivity index (χ3v) is 5.51. The number of likely N-dealkylation sites (N-methyl/N-ethyl adjacent to an activating group) is 1. The van der Waals surface area contributed by atoms with E-state index in [4.69, 9.17) is 4.42 Å². The Labute approximate surface area is 156 Å². The number of piperazine rings is 1. The molecule has 1 saturated carbocycles. The molecule has 1 N–H and O–H groups in total. The number of hydrogen-bond donors (Lipinski definition) is 1. The van der Waals surface area contributed by atoms with E-state index in [9.17, 15) is 4.79 Å². The van der Waals surface area contributed by atoms with Crippen LogP contribution in [0, 0.1) is 0 Å². The molecule has 26 heavy (non-hydrogen) atoms. The minimum atomic E-state index is -0.0317. The van der Waals surface area contributed by atoms with Gasteiger partial charge in [0.25, 0.3) is 5.91 Å². The molecule has 7 heteroatoms. The first-order valence-corrected chi connectivity index (χ1v) is 9.67. The molecule has 1 amide bonds. The molecule has 2 aliphatic rings. The summed E-state index contributed by atoms with van der Waals surface area (Å²) in [4.78, 5) is 23.3. The van der Waals surface area contributed by atoms with Crippen LogP contribution in [0.2, 0.25) is 0 Å². The van der Waals surface area contributed by atoms with Crippen LogP contribution in [0.3, 0.4) is 0 Å². The Morgan fingerprint density at radius 1 is 1.27 bits per heavy atom. The highest BCUT2D eigenvalue weighted by Gasteiger charge is 2.25. The lowest BCUT2D eigenvalue weighted by Crippen LogP contribution is -2.54. The maximum absolute atomic E-state index is 12.3. The van der Waals surface area contributed by atoms with Crippen molar-refractivity contribution in [3.05, 3.63) is 24.2 Å². The Balaban J connectivity index is 1.41. The third-order valence-electron chi connectivity index (χ3n) is 5.51. The molecule has 3 rings (SSSR count). The molecule has 1 aromatic heterocycles. The number of rotatable bonds is 5. The Kier molecular flexibility index (Phi) is 6.55. The van der Waals surface area contributed by atoms with Crippen LogP contribution >= 0.6 is 0 Å². The van der Waals surface area contributed by atoms with Gasteiger partial charge < -0.3 is 24.4 Å². The molecule has 0 spiro atoms. The number of hydrogen-bond acceptors (Lipinski definition) is 4. The number of nitrogens with one attached hydrogen (secondary N) is 1. The minimum absolute atomic E-state index is 0.0317. The fraction of sp³-hybridized carbons (Fsp3) is 0.684. The molecule has 1 aromatic rings. The van der Waals surface area contributed by atoms with Crippen molar-refractivity contribution in [2.45, 2.75) is 31.7 Å². The van der Waals surface area contributed by atoms with E-state index in [1.54, 1.807) is 12.1 Å². The second-order valence-electron chi connectivity index (χ2n) is 7.15. The van der Waals surface area contributed by atoms with Crippen LogP contribution in [-0.2, 0) is 0 Å². The number of carbonyl (C=O) groups excluding carboxylic acids is 1. The van der Waals surface area contributed by atoms with Crippen molar-refractivity contribution in [1.29, 1.82) is 0 Å². The second kappa shape index (κ2) is 9.07. The third kappa shape index (κ3) is 4.58. The maximum Gasteiger partial charge on any atom is 0.289 e. The van der Waals surface area contributed by atoms with E-state index >= 15 is 0 Å². The average Bonchev–Trinajstić information content (AvgIpc) is 3.39. The molecule has 144 valence electrons. The lowest BCUT2D eigenvalue weighted by atomic mass is 10.2.